The van der Waals surface area contributed by atoms with E-state index in [9.17, 15) is 14.3 Å². The van der Waals surface area contributed by atoms with Crippen LogP contribution in [0.25, 0.3) is 0 Å². The van der Waals surface area contributed by atoms with Gasteiger partial charge in [0.25, 0.3) is 0 Å². The van der Waals surface area contributed by atoms with E-state index in [4.69, 9.17) is 10.2 Å². The average molecular weight is 278 g/mol. The number of furan rings is 1. The van der Waals surface area contributed by atoms with Crippen LogP contribution < -0.4 is 10.6 Å². The van der Waals surface area contributed by atoms with E-state index in [1.165, 1.54) is 6.07 Å². The molecule has 5 nitrogen and oxygen atoms in total. The molecule has 1 heterocycles. The molecule has 0 aliphatic carbocycles. The second-order valence-corrected chi connectivity index (χ2v) is 4.52. The van der Waals surface area contributed by atoms with Gasteiger partial charge in [-0.2, -0.15) is 0 Å². The molecule has 3 N–H and O–H groups in total. The Hall–Kier alpha value is -2.50. The van der Waals surface area contributed by atoms with Crippen molar-refractivity contribution in [1.82, 2.24) is 0 Å². The molecule has 2 aromatic rings. The van der Waals surface area contributed by atoms with Gasteiger partial charge >= 0.3 is 5.97 Å². The van der Waals surface area contributed by atoms with E-state index in [2.05, 4.69) is 0 Å². The van der Waals surface area contributed by atoms with Crippen molar-refractivity contribution in [3.05, 3.63) is 47.2 Å². The number of rotatable bonds is 4. The van der Waals surface area contributed by atoms with E-state index in [0.717, 1.165) is 17.4 Å². The highest BCUT2D eigenvalue weighted by atomic mass is 19.1. The molecule has 2 rings (SSSR count). The molecule has 0 saturated carbocycles. The predicted molar refractivity (Wildman–Crippen MR) is 73.3 cm³/mol. The summed E-state index contributed by atoms with van der Waals surface area (Å²) in [5, 5.41) is 9.21. The SMILES string of the molecule is Cc1occc1CN(C)c1ccc(F)c(N)c1C(=O)O. The molecule has 0 spiro atoms. The van der Waals surface area contributed by atoms with Gasteiger partial charge in [0.2, 0.25) is 0 Å². The zero-order valence-corrected chi connectivity index (χ0v) is 11.2. The van der Waals surface area contributed by atoms with Gasteiger partial charge in [0.05, 0.1) is 17.6 Å². The summed E-state index contributed by atoms with van der Waals surface area (Å²) in [6.07, 6.45) is 1.57. The van der Waals surface area contributed by atoms with Crippen LogP contribution in [0.5, 0.6) is 0 Å². The van der Waals surface area contributed by atoms with Crippen LogP contribution in [0, 0.1) is 12.7 Å². The lowest BCUT2D eigenvalue weighted by molar-refractivity contribution is 0.0698. The molecule has 0 atom stereocenters. The Morgan fingerprint density at radius 3 is 2.70 bits per heavy atom. The van der Waals surface area contributed by atoms with Gasteiger partial charge in [-0.25, -0.2) is 9.18 Å². The van der Waals surface area contributed by atoms with Crippen LogP contribution in [-0.4, -0.2) is 18.1 Å². The first-order chi connectivity index (χ1) is 9.41. The second-order valence-electron chi connectivity index (χ2n) is 4.52. The minimum Gasteiger partial charge on any atom is -0.478 e. The Balaban J connectivity index is 2.39. The molecule has 0 bridgehead atoms. The first-order valence-electron chi connectivity index (χ1n) is 5.97. The highest BCUT2D eigenvalue weighted by molar-refractivity contribution is 6.00. The molecule has 0 saturated heterocycles. The number of nitrogens with zero attached hydrogens (tertiary/aromatic N) is 1. The number of halogens is 1. The Bertz CT molecular complexity index is 652. The highest BCUT2D eigenvalue weighted by Crippen LogP contribution is 2.29. The van der Waals surface area contributed by atoms with Crippen molar-refractivity contribution < 1.29 is 18.7 Å². The third-order valence-corrected chi connectivity index (χ3v) is 3.17. The summed E-state index contributed by atoms with van der Waals surface area (Å²) in [6.45, 7) is 2.26. The largest absolute Gasteiger partial charge is 0.478 e. The summed E-state index contributed by atoms with van der Waals surface area (Å²) in [5.41, 5.74) is 6.22. The Kier molecular flexibility index (Phi) is 3.65. The Morgan fingerprint density at radius 1 is 1.45 bits per heavy atom. The molecule has 0 aliphatic rings. The van der Waals surface area contributed by atoms with Gasteiger partial charge in [0.1, 0.15) is 17.1 Å². The lowest BCUT2D eigenvalue weighted by Gasteiger charge is -2.22. The van der Waals surface area contributed by atoms with E-state index in [1.807, 2.05) is 6.92 Å². The average Bonchev–Trinajstić information content (AvgIpc) is 2.77. The smallest absolute Gasteiger partial charge is 0.340 e. The highest BCUT2D eigenvalue weighted by Gasteiger charge is 2.20. The summed E-state index contributed by atoms with van der Waals surface area (Å²) in [4.78, 5) is 13.0. The van der Waals surface area contributed by atoms with E-state index < -0.39 is 11.8 Å². The summed E-state index contributed by atoms with van der Waals surface area (Å²) in [7, 11) is 1.71. The predicted octanol–water partition coefficient (Wildman–Crippen LogP) is 2.64. The molecule has 0 amide bonds. The van der Waals surface area contributed by atoms with E-state index >= 15 is 0 Å². The van der Waals surface area contributed by atoms with Crippen molar-refractivity contribution in [2.24, 2.45) is 0 Å². The number of carbonyl (C=O) groups is 1. The molecular weight excluding hydrogens is 263 g/mol. The van der Waals surface area contributed by atoms with Gasteiger partial charge in [0.15, 0.2) is 0 Å². The Morgan fingerprint density at radius 2 is 2.15 bits per heavy atom. The van der Waals surface area contributed by atoms with Crippen molar-refractivity contribution in [1.29, 1.82) is 0 Å². The van der Waals surface area contributed by atoms with E-state index in [-0.39, 0.29) is 11.3 Å². The molecule has 1 aromatic carbocycles. The van der Waals surface area contributed by atoms with Gasteiger partial charge in [-0.1, -0.05) is 0 Å². The summed E-state index contributed by atoms with van der Waals surface area (Å²) in [5.74, 6) is -1.24. The van der Waals surface area contributed by atoms with E-state index in [1.54, 1.807) is 24.3 Å². The quantitative estimate of drug-likeness (QED) is 0.840. The fourth-order valence-corrected chi connectivity index (χ4v) is 2.04. The van der Waals surface area contributed by atoms with Crippen LogP contribution in [0.1, 0.15) is 21.7 Å². The van der Waals surface area contributed by atoms with Crippen LogP contribution in [-0.2, 0) is 6.54 Å². The van der Waals surface area contributed by atoms with Gasteiger partial charge in [-0.3, -0.25) is 0 Å². The van der Waals surface area contributed by atoms with Gasteiger partial charge < -0.3 is 20.2 Å². The molecule has 1 aromatic heterocycles. The number of carboxylic acids is 1. The van der Waals surface area contributed by atoms with Crippen LogP contribution >= 0.6 is 0 Å². The van der Waals surface area contributed by atoms with Crippen molar-refractivity contribution in [3.63, 3.8) is 0 Å². The van der Waals surface area contributed by atoms with Crippen LogP contribution in [0.15, 0.2) is 28.9 Å². The zero-order valence-electron chi connectivity index (χ0n) is 11.2. The minimum absolute atomic E-state index is 0.228. The van der Waals surface area contributed by atoms with Gasteiger partial charge in [-0.05, 0) is 25.1 Å². The number of anilines is 2. The first-order valence-corrected chi connectivity index (χ1v) is 5.97. The number of nitrogens with two attached hydrogens (primary N) is 1. The summed E-state index contributed by atoms with van der Waals surface area (Å²) < 4.78 is 18.6. The molecule has 106 valence electrons. The second kappa shape index (κ2) is 5.24. The first kappa shape index (κ1) is 13.9. The van der Waals surface area contributed by atoms with Crippen molar-refractivity contribution in [2.45, 2.75) is 13.5 Å². The Labute approximate surface area is 115 Å². The number of aromatic carboxylic acids is 1. The molecule has 0 fully saturated rings. The number of hydrogen-bond donors (Lipinski definition) is 2. The lowest BCUT2D eigenvalue weighted by Crippen LogP contribution is -2.21. The van der Waals surface area contributed by atoms with Crippen LogP contribution in [0.4, 0.5) is 15.8 Å². The monoisotopic (exact) mass is 278 g/mol. The standard InChI is InChI=1S/C14H15FN2O3/c1-8-9(5-6-20-8)7-17(2)11-4-3-10(15)13(16)12(11)14(18)19/h3-6H,7,16H2,1-2H3,(H,18,19). The fraction of sp³-hybridized carbons (Fsp3) is 0.214. The molecule has 0 unspecified atom stereocenters. The van der Waals surface area contributed by atoms with Crippen molar-refractivity contribution in [2.75, 3.05) is 17.7 Å². The summed E-state index contributed by atoms with van der Waals surface area (Å²) >= 11 is 0. The molecule has 20 heavy (non-hydrogen) atoms. The number of hydrogen-bond acceptors (Lipinski definition) is 4. The molecule has 0 aliphatic heterocycles. The zero-order chi connectivity index (χ0) is 14.9. The molecule has 6 heteroatoms. The maximum Gasteiger partial charge on any atom is 0.340 e. The normalized spacial score (nSPS) is 10.6. The summed E-state index contributed by atoms with van der Waals surface area (Å²) in [6, 6.07) is 4.37. The maximum absolute atomic E-state index is 13.4. The maximum atomic E-state index is 13.4. The number of aryl methyl sites for hydroxylation is 1. The minimum atomic E-state index is -1.26. The molecule has 0 radical (unpaired) electrons. The number of benzene rings is 1. The number of nitrogen functional groups attached to an aromatic ring is 1. The van der Waals surface area contributed by atoms with Crippen molar-refractivity contribution >= 4 is 17.3 Å². The van der Waals surface area contributed by atoms with Crippen LogP contribution in [0.3, 0.4) is 0 Å². The number of carboxylic acid groups (broad SMARTS) is 1. The molecular formula is C14H15FN2O3. The van der Waals surface area contributed by atoms with Crippen LogP contribution in [0.2, 0.25) is 0 Å². The van der Waals surface area contributed by atoms with Gasteiger partial charge in [0, 0.05) is 19.2 Å². The third-order valence-electron chi connectivity index (χ3n) is 3.17. The van der Waals surface area contributed by atoms with E-state index in [0.29, 0.717) is 12.2 Å². The topological polar surface area (TPSA) is 79.7 Å². The lowest BCUT2D eigenvalue weighted by atomic mass is 10.1. The van der Waals surface area contributed by atoms with Crippen molar-refractivity contribution in [3.8, 4) is 0 Å². The third kappa shape index (κ3) is 2.45. The van der Waals surface area contributed by atoms with Gasteiger partial charge in [-0.15, -0.1) is 0 Å². The fourth-order valence-electron chi connectivity index (χ4n) is 2.04.